The van der Waals surface area contributed by atoms with Crippen LogP contribution in [0.15, 0.2) is 73.2 Å². The minimum atomic E-state index is -1.20. The zero-order chi connectivity index (χ0) is 45.7. The Bertz CT molecular complexity index is 2730. The fraction of sp³-hybridized carbons (Fsp3) is 0.520. The van der Waals surface area contributed by atoms with Gasteiger partial charge in [-0.25, -0.2) is 15.0 Å². The summed E-state index contributed by atoms with van der Waals surface area (Å²) in [6.45, 7) is 6.36. The molecule has 350 valence electrons. The predicted octanol–water partition coefficient (Wildman–Crippen LogP) is 6.10. The molecule has 0 saturated carbocycles. The van der Waals surface area contributed by atoms with Gasteiger partial charge < -0.3 is 25.8 Å². The Labute approximate surface area is 393 Å². The molecule has 0 bridgehead atoms. The van der Waals surface area contributed by atoms with Gasteiger partial charge in [-0.15, -0.1) is 0 Å². The van der Waals surface area contributed by atoms with Gasteiger partial charge in [0.1, 0.15) is 0 Å². The molecule has 2 spiro atoms. The Balaban J connectivity index is 0.000000116. The van der Waals surface area contributed by atoms with Gasteiger partial charge in [0.05, 0.1) is 27.9 Å². The third-order valence-corrected chi connectivity index (χ3v) is 16.1. The Hall–Kier alpha value is -5.06. The van der Waals surface area contributed by atoms with Gasteiger partial charge in [0.15, 0.2) is 10.3 Å². The van der Waals surface area contributed by atoms with Crippen LogP contribution in [-0.2, 0) is 60.2 Å². The van der Waals surface area contributed by atoms with Gasteiger partial charge >= 0.3 is 0 Å². The minimum Gasteiger partial charge on any atom is -0.384 e. The number of aryl methyl sites for hydroxylation is 3. The molecule has 0 amide bonds. The van der Waals surface area contributed by atoms with Gasteiger partial charge in [0.2, 0.25) is 5.95 Å². The molecule has 16 heteroatoms. The Morgan fingerprint density at radius 1 is 0.591 bits per heavy atom. The van der Waals surface area contributed by atoms with Crippen molar-refractivity contribution in [2.24, 2.45) is 0 Å². The zero-order valence-corrected chi connectivity index (χ0v) is 40.0. The van der Waals surface area contributed by atoms with Crippen molar-refractivity contribution in [3.8, 4) is 0 Å². The maximum Gasteiger partial charge on any atom is 0.255 e. The van der Waals surface area contributed by atoms with Crippen molar-refractivity contribution >= 4 is 39.9 Å². The number of nitrogens with one attached hydrogen (secondary N) is 6. The molecular formula is C50H64N10O4S2. The monoisotopic (exact) mass is 932 g/mol. The summed E-state index contributed by atoms with van der Waals surface area (Å²) in [4.78, 5) is 59.6. The Kier molecular flexibility index (Phi) is 14.3. The van der Waals surface area contributed by atoms with Crippen LogP contribution in [0.1, 0.15) is 109 Å². The largest absolute Gasteiger partial charge is 0.384 e. The SMILES string of the molecule is CS(=O)c1nc2c(c(=O)[nH]1)CCCC2.CSc1nc2c(c(=O)[nH]1)CCCC2.O=c1[nH]c(N2CCC3(CC2)CNc2ccccc23)nc2c1CCCC2.c1ccc2c(c1)NCC21CCNCC1. The predicted molar refractivity (Wildman–Crippen MR) is 265 cm³/mol. The molecular weight excluding hydrogens is 869 g/mol. The maximum atomic E-state index is 12.4. The van der Waals surface area contributed by atoms with Crippen molar-refractivity contribution in [1.29, 1.82) is 0 Å². The van der Waals surface area contributed by atoms with E-state index in [4.69, 9.17) is 4.98 Å². The number of hydrogen-bond acceptors (Lipinski definition) is 12. The molecule has 14 nitrogen and oxygen atoms in total. The van der Waals surface area contributed by atoms with Crippen molar-refractivity contribution in [2.75, 3.05) is 67.3 Å². The maximum absolute atomic E-state index is 12.4. The molecule has 2 saturated heterocycles. The highest BCUT2D eigenvalue weighted by Gasteiger charge is 2.42. The molecule has 7 heterocycles. The van der Waals surface area contributed by atoms with E-state index in [1.165, 1.54) is 47.8 Å². The van der Waals surface area contributed by atoms with E-state index >= 15 is 0 Å². The zero-order valence-electron chi connectivity index (χ0n) is 38.4. The fourth-order valence-corrected chi connectivity index (χ4v) is 11.9. The van der Waals surface area contributed by atoms with E-state index < -0.39 is 10.8 Å². The first-order valence-electron chi connectivity index (χ1n) is 24.0. The lowest BCUT2D eigenvalue weighted by molar-refractivity contribution is 0.335. The van der Waals surface area contributed by atoms with E-state index in [9.17, 15) is 18.6 Å². The summed E-state index contributed by atoms with van der Waals surface area (Å²) in [6.07, 6.45) is 20.2. The highest BCUT2D eigenvalue weighted by molar-refractivity contribution is 7.98. The number of nitrogens with zero attached hydrogens (tertiary/aromatic N) is 4. The van der Waals surface area contributed by atoms with E-state index in [2.05, 4.69) is 94.3 Å². The lowest BCUT2D eigenvalue weighted by atomic mass is 9.74. The summed E-state index contributed by atoms with van der Waals surface area (Å²) in [6, 6.07) is 17.5. The van der Waals surface area contributed by atoms with Crippen molar-refractivity contribution in [3.63, 3.8) is 0 Å². The molecule has 6 N–H and O–H groups in total. The van der Waals surface area contributed by atoms with Crippen LogP contribution >= 0.6 is 11.8 Å². The van der Waals surface area contributed by atoms with Gasteiger partial charge in [-0.1, -0.05) is 48.2 Å². The summed E-state index contributed by atoms with van der Waals surface area (Å²) in [5.41, 5.74) is 11.8. The molecule has 1 atom stereocenters. The van der Waals surface area contributed by atoms with Crippen LogP contribution in [0.25, 0.3) is 0 Å². The Morgan fingerprint density at radius 2 is 1.06 bits per heavy atom. The van der Waals surface area contributed by atoms with Gasteiger partial charge in [-0.05, 0) is 145 Å². The summed E-state index contributed by atoms with van der Waals surface area (Å²) < 4.78 is 11.2. The number of aromatic nitrogens is 6. The van der Waals surface area contributed by atoms with Crippen molar-refractivity contribution in [1.82, 2.24) is 35.2 Å². The minimum absolute atomic E-state index is 0.0639. The van der Waals surface area contributed by atoms with Crippen LogP contribution in [0, 0.1) is 0 Å². The third kappa shape index (κ3) is 9.82. The molecule has 0 radical (unpaired) electrons. The molecule has 1 unspecified atom stereocenters. The topological polar surface area (TPSA) is 194 Å². The molecule has 5 aromatic rings. The third-order valence-electron chi connectivity index (χ3n) is 14.8. The number of para-hydroxylation sites is 2. The summed E-state index contributed by atoms with van der Waals surface area (Å²) in [7, 11) is -1.20. The normalized spacial score (nSPS) is 19.6. The summed E-state index contributed by atoms with van der Waals surface area (Å²) in [5.74, 6) is 0.778. The molecule has 2 fully saturated rings. The lowest BCUT2D eigenvalue weighted by Crippen LogP contribution is -2.45. The summed E-state index contributed by atoms with van der Waals surface area (Å²) >= 11 is 1.49. The van der Waals surface area contributed by atoms with E-state index in [0.29, 0.717) is 10.6 Å². The number of benzene rings is 2. The van der Waals surface area contributed by atoms with Gasteiger partial charge in [0, 0.05) is 71.3 Å². The van der Waals surface area contributed by atoms with Crippen molar-refractivity contribution < 1.29 is 4.21 Å². The second-order valence-corrected chi connectivity index (χ2v) is 20.9. The number of piperidine rings is 2. The smallest absolute Gasteiger partial charge is 0.255 e. The number of hydrogen-bond donors (Lipinski definition) is 6. The second-order valence-electron chi connectivity index (χ2n) is 18.8. The number of fused-ring (bicyclic) bond motifs is 7. The molecule has 66 heavy (non-hydrogen) atoms. The Morgan fingerprint density at radius 3 is 1.61 bits per heavy atom. The van der Waals surface area contributed by atoms with Gasteiger partial charge in [-0.3, -0.25) is 28.6 Å². The van der Waals surface area contributed by atoms with Crippen LogP contribution in [0.4, 0.5) is 17.3 Å². The van der Waals surface area contributed by atoms with Crippen LogP contribution in [0.3, 0.4) is 0 Å². The average molecular weight is 933 g/mol. The van der Waals surface area contributed by atoms with Crippen LogP contribution in [0.5, 0.6) is 0 Å². The van der Waals surface area contributed by atoms with E-state index in [1.54, 1.807) is 5.56 Å². The van der Waals surface area contributed by atoms with Gasteiger partial charge in [-0.2, -0.15) is 0 Å². The first-order chi connectivity index (χ1) is 32.1. The number of rotatable bonds is 3. The highest BCUT2D eigenvalue weighted by Crippen LogP contribution is 2.44. The molecule has 12 rings (SSSR count). The van der Waals surface area contributed by atoms with E-state index in [1.807, 2.05) is 6.26 Å². The fourth-order valence-electron chi connectivity index (χ4n) is 11.0. The first-order valence-corrected chi connectivity index (χ1v) is 26.8. The van der Waals surface area contributed by atoms with Gasteiger partial charge in [0.25, 0.3) is 16.7 Å². The van der Waals surface area contributed by atoms with Crippen molar-refractivity contribution in [3.05, 3.63) is 124 Å². The molecule has 7 aliphatic rings. The van der Waals surface area contributed by atoms with E-state index in [0.717, 1.165) is 174 Å². The van der Waals surface area contributed by atoms with Crippen LogP contribution in [-0.4, -0.2) is 85.9 Å². The number of thioether (sulfide) groups is 1. The second kappa shape index (κ2) is 20.4. The van der Waals surface area contributed by atoms with Crippen molar-refractivity contribution in [2.45, 2.75) is 124 Å². The van der Waals surface area contributed by atoms with Crippen LogP contribution in [0.2, 0.25) is 0 Å². The lowest BCUT2D eigenvalue weighted by Gasteiger charge is -2.39. The van der Waals surface area contributed by atoms with E-state index in [-0.39, 0.29) is 22.1 Å². The quantitative estimate of drug-likeness (QED) is 0.0901. The molecule has 3 aromatic heterocycles. The standard InChI is InChI=1S/C20H24N4O.C12H16N2.C9H12N2O2S.C9H12N2OS/c25-18-14-5-1-3-7-16(14)22-19(23-18)24-11-9-20(10-12-24)13-21-17-8-4-2-6-15(17)20;1-2-4-11-10(3-1)12(9-14-11)5-7-13-8-6-12;1-14(13)9-10-7-5-3-2-4-6(7)8(12)11-9;1-13-9-10-7-5-3-2-4-6(7)8(12)11-9/h2,4,6,8,21H,1,3,5,7,9-13H2,(H,22,23,25);1-4,13-14H,5-9H2;2-5H2,1H3,(H,10,11,12);2-5H2,1H3,(H,10,11,12). The average Bonchev–Trinajstić information content (AvgIpc) is 3.89. The number of H-pyrrole nitrogens is 3. The molecule has 2 aromatic carbocycles. The number of anilines is 3. The van der Waals surface area contributed by atoms with Crippen LogP contribution < -0.4 is 37.5 Å². The number of aromatic amines is 3. The summed E-state index contributed by atoms with van der Waals surface area (Å²) in [5, 5.41) is 11.6. The first kappa shape index (κ1) is 46.1. The highest BCUT2D eigenvalue weighted by atomic mass is 32.2. The molecule has 3 aliphatic carbocycles. The molecule has 4 aliphatic heterocycles.